The summed E-state index contributed by atoms with van der Waals surface area (Å²) < 4.78 is 26.2. The number of sulfonamides is 1. The first-order valence-corrected chi connectivity index (χ1v) is 8.60. The van der Waals surface area contributed by atoms with Crippen LogP contribution in [0, 0.1) is 0 Å². The van der Waals surface area contributed by atoms with Gasteiger partial charge in [0.05, 0.1) is 0 Å². The van der Waals surface area contributed by atoms with Crippen molar-refractivity contribution in [1.82, 2.24) is 4.98 Å². The molecule has 3 aromatic rings. The van der Waals surface area contributed by atoms with E-state index in [1.54, 1.807) is 36.5 Å². The Bertz CT molecular complexity index is 893. The highest BCUT2D eigenvalue weighted by Gasteiger charge is 2.25. The van der Waals surface area contributed by atoms with Gasteiger partial charge in [0.2, 0.25) is 0 Å². The smallest absolute Gasteiger partial charge is 0.255 e. The number of aromatic nitrogens is 1. The van der Waals surface area contributed by atoms with Gasteiger partial charge in [-0.05, 0) is 17.0 Å². The SMILES string of the molecule is O=S(=O)(Nc1nccc2ccccc12)C(Cl)c1ccccc1. The van der Waals surface area contributed by atoms with E-state index >= 15 is 0 Å². The van der Waals surface area contributed by atoms with Crippen LogP contribution in [0.3, 0.4) is 0 Å². The lowest BCUT2D eigenvalue weighted by molar-refractivity contribution is 0.599. The van der Waals surface area contributed by atoms with Crippen molar-refractivity contribution in [3.63, 3.8) is 0 Å². The minimum absolute atomic E-state index is 0.277. The molecule has 1 heterocycles. The van der Waals surface area contributed by atoms with Crippen molar-refractivity contribution in [1.29, 1.82) is 0 Å². The van der Waals surface area contributed by atoms with Gasteiger partial charge in [0.15, 0.2) is 4.71 Å². The largest absolute Gasteiger partial charge is 0.265 e. The van der Waals surface area contributed by atoms with E-state index in [-0.39, 0.29) is 5.82 Å². The highest BCUT2D eigenvalue weighted by Crippen LogP contribution is 2.29. The number of anilines is 1. The number of nitrogens with one attached hydrogen (secondary N) is 1. The van der Waals surface area contributed by atoms with Crippen LogP contribution in [0.25, 0.3) is 10.8 Å². The van der Waals surface area contributed by atoms with E-state index in [0.717, 1.165) is 10.8 Å². The highest BCUT2D eigenvalue weighted by molar-refractivity contribution is 7.94. The zero-order valence-electron chi connectivity index (χ0n) is 11.5. The summed E-state index contributed by atoms with van der Waals surface area (Å²) in [6.45, 7) is 0. The number of fused-ring (bicyclic) bond motifs is 1. The number of hydrogen-bond donors (Lipinski definition) is 1. The molecular weight excluding hydrogens is 320 g/mol. The maximum absolute atomic E-state index is 12.5. The van der Waals surface area contributed by atoms with Crippen molar-refractivity contribution < 1.29 is 8.42 Å². The zero-order chi connectivity index (χ0) is 15.6. The molecule has 0 aliphatic heterocycles. The van der Waals surface area contributed by atoms with Gasteiger partial charge in [0.1, 0.15) is 5.82 Å². The molecule has 0 spiro atoms. The van der Waals surface area contributed by atoms with Gasteiger partial charge in [0.25, 0.3) is 10.0 Å². The predicted octanol–water partition coefficient (Wildman–Crippen LogP) is 3.91. The van der Waals surface area contributed by atoms with Crippen molar-refractivity contribution in [3.8, 4) is 0 Å². The molecular formula is C16H13ClN2O2S. The molecule has 0 fully saturated rings. The van der Waals surface area contributed by atoms with E-state index in [9.17, 15) is 8.42 Å². The molecule has 0 aliphatic carbocycles. The summed E-state index contributed by atoms with van der Waals surface area (Å²) in [6.07, 6.45) is 1.56. The highest BCUT2D eigenvalue weighted by atomic mass is 35.5. The molecule has 6 heteroatoms. The van der Waals surface area contributed by atoms with E-state index in [0.29, 0.717) is 5.56 Å². The van der Waals surface area contributed by atoms with Crippen LogP contribution in [0.15, 0.2) is 66.9 Å². The van der Waals surface area contributed by atoms with Gasteiger partial charge in [-0.2, -0.15) is 0 Å². The second-order valence-electron chi connectivity index (χ2n) is 4.75. The van der Waals surface area contributed by atoms with Crippen molar-refractivity contribution >= 4 is 38.2 Å². The van der Waals surface area contributed by atoms with Crippen molar-refractivity contribution in [2.45, 2.75) is 4.71 Å². The van der Waals surface area contributed by atoms with Crippen LogP contribution in [0.5, 0.6) is 0 Å². The number of alkyl halides is 1. The lowest BCUT2D eigenvalue weighted by Gasteiger charge is -2.14. The molecule has 1 aromatic heterocycles. The number of hydrogen-bond acceptors (Lipinski definition) is 3. The molecule has 1 atom stereocenters. The van der Waals surface area contributed by atoms with E-state index < -0.39 is 14.7 Å². The van der Waals surface area contributed by atoms with Gasteiger partial charge in [-0.25, -0.2) is 13.4 Å². The summed E-state index contributed by atoms with van der Waals surface area (Å²) in [7, 11) is -3.80. The minimum atomic E-state index is -3.80. The third-order valence-electron chi connectivity index (χ3n) is 3.25. The fourth-order valence-electron chi connectivity index (χ4n) is 2.17. The molecule has 0 saturated carbocycles. The van der Waals surface area contributed by atoms with Gasteiger partial charge in [-0.1, -0.05) is 66.2 Å². The van der Waals surface area contributed by atoms with Gasteiger partial charge < -0.3 is 0 Å². The summed E-state index contributed by atoms with van der Waals surface area (Å²) in [5, 5.41) is 1.63. The van der Waals surface area contributed by atoms with Gasteiger partial charge in [-0.3, -0.25) is 4.72 Å². The number of rotatable bonds is 4. The second-order valence-corrected chi connectivity index (χ2v) is 7.22. The third kappa shape index (κ3) is 2.91. The maximum Gasteiger partial charge on any atom is 0.255 e. The predicted molar refractivity (Wildman–Crippen MR) is 89.3 cm³/mol. The van der Waals surface area contributed by atoms with Crippen LogP contribution in [0.4, 0.5) is 5.82 Å². The molecule has 112 valence electrons. The van der Waals surface area contributed by atoms with Crippen LogP contribution >= 0.6 is 11.6 Å². The molecule has 0 amide bonds. The van der Waals surface area contributed by atoms with E-state index in [4.69, 9.17) is 11.6 Å². The molecule has 4 nitrogen and oxygen atoms in total. The average Bonchev–Trinajstić information content (AvgIpc) is 2.55. The molecule has 22 heavy (non-hydrogen) atoms. The van der Waals surface area contributed by atoms with Crippen LogP contribution in [-0.2, 0) is 10.0 Å². The molecule has 0 saturated heterocycles. The number of benzene rings is 2. The average molecular weight is 333 g/mol. The Kier molecular flexibility index (Phi) is 4.00. The third-order valence-corrected chi connectivity index (χ3v) is 5.50. The maximum atomic E-state index is 12.5. The zero-order valence-corrected chi connectivity index (χ0v) is 13.1. The summed E-state index contributed by atoms with van der Waals surface area (Å²) in [5.41, 5.74) is 0.511. The first-order chi connectivity index (χ1) is 10.6. The Hall–Kier alpha value is -2.11. The Morgan fingerprint density at radius 1 is 0.955 bits per heavy atom. The monoisotopic (exact) mass is 332 g/mol. The first-order valence-electron chi connectivity index (χ1n) is 6.62. The van der Waals surface area contributed by atoms with Crippen LogP contribution in [0.1, 0.15) is 10.3 Å². The second kappa shape index (κ2) is 5.94. The molecule has 2 aromatic carbocycles. The fraction of sp³-hybridized carbons (Fsp3) is 0.0625. The normalized spacial score (nSPS) is 13.0. The Morgan fingerprint density at radius 2 is 1.64 bits per heavy atom. The topological polar surface area (TPSA) is 59.1 Å². The Morgan fingerprint density at radius 3 is 2.41 bits per heavy atom. The molecule has 1 unspecified atom stereocenters. The standard InChI is InChI=1S/C16H13ClN2O2S/c17-15(13-7-2-1-3-8-13)22(20,21)19-16-14-9-5-4-6-12(14)10-11-18-16/h1-11,15H,(H,18,19). The number of halogens is 1. The van der Waals surface area contributed by atoms with E-state index in [1.807, 2.05) is 30.3 Å². The van der Waals surface area contributed by atoms with Crippen LogP contribution in [-0.4, -0.2) is 13.4 Å². The molecule has 3 rings (SSSR count). The lowest BCUT2D eigenvalue weighted by atomic mass is 10.2. The van der Waals surface area contributed by atoms with Crippen molar-refractivity contribution in [2.75, 3.05) is 4.72 Å². The van der Waals surface area contributed by atoms with Crippen molar-refractivity contribution in [2.24, 2.45) is 0 Å². The first kappa shape index (κ1) is 14.8. The van der Waals surface area contributed by atoms with Crippen LogP contribution < -0.4 is 4.72 Å². The van der Waals surface area contributed by atoms with E-state index in [1.165, 1.54) is 0 Å². The Balaban J connectivity index is 1.97. The van der Waals surface area contributed by atoms with Gasteiger partial charge in [-0.15, -0.1) is 0 Å². The van der Waals surface area contributed by atoms with E-state index in [2.05, 4.69) is 9.71 Å². The fourth-order valence-corrected chi connectivity index (χ4v) is 3.50. The summed E-state index contributed by atoms with van der Waals surface area (Å²) >= 11 is 6.12. The Labute approximate surface area is 133 Å². The molecule has 0 aliphatic rings. The lowest BCUT2D eigenvalue weighted by Crippen LogP contribution is -2.18. The summed E-state index contributed by atoms with van der Waals surface area (Å²) in [6, 6.07) is 17.9. The number of nitrogens with zero attached hydrogens (tertiary/aromatic N) is 1. The summed E-state index contributed by atoms with van der Waals surface area (Å²) in [4.78, 5) is 4.12. The molecule has 0 bridgehead atoms. The molecule has 1 N–H and O–H groups in total. The van der Waals surface area contributed by atoms with Gasteiger partial charge >= 0.3 is 0 Å². The van der Waals surface area contributed by atoms with Gasteiger partial charge in [0, 0.05) is 11.6 Å². The summed E-state index contributed by atoms with van der Waals surface area (Å²) in [5.74, 6) is 0.277. The molecule has 0 radical (unpaired) electrons. The quantitative estimate of drug-likeness (QED) is 0.737. The number of pyridine rings is 1. The minimum Gasteiger partial charge on any atom is -0.265 e. The van der Waals surface area contributed by atoms with Crippen LogP contribution in [0.2, 0.25) is 0 Å². The van der Waals surface area contributed by atoms with Crippen molar-refractivity contribution in [3.05, 3.63) is 72.4 Å².